The zero-order chi connectivity index (χ0) is 13.1. The quantitative estimate of drug-likeness (QED) is 0.800. The van der Waals surface area contributed by atoms with Gasteiger partial charge in [0, 0.05) is 0 Å². The van der Waals surface area contributed by atoms with Crippen LogP contribution in [0.5, 0.6) is 5.75 Å². The van der Waals surface area contributed by atoms with Crippen LogP contribution < -0.4 is 0 Å². The van der Waals surface area contributed by atoms with Crippen LogP contribution in [0.3, 0.4) is 0 Å². The summed E-state index contributed by atoms with van der Waals surface area (Å²) < 4.78 is 0. The lowest BCUT2D eigenvalue weighted by Gasteiger charge is -2.31. The van der Waals surface area contributed by atoms with Gasteiger partial charge >= 0.3 is 0 Å². The zero-order valence-electron chi connectivity index (χ0n) is 11.9. The van der Waals surface area contributed by atoms with Crippen LogP contribution in [-0.4, -0.2) is 5.11 Å². The van der Waals surface area contributed by atoms with Crippen LogP contribution in [0.25, 0.3) is 0 Å². The van der Waals surface area contributed by atoms with Crippen molar-refractivity contribution < 1.29 is 5.11 Å². The van der Waals surface area contributed by atoms with E-state index in [4.69, 9.17) is 0 Å². The molecule has 0 saturated heterocycles. The molecule has 0 aromatic heterocycles. The van der Waals surface area contributed by atoms with Gasteiger partial charge in [-0.05, 0) is 42.2 Å². The van der Waals surface area contributed by atoms with Crippen molar-refractivity contribution in [2.45, 2.75) is 53.9 Å². The number of aryl methyl sites for hydroxylation is 1. The standard InChI is InChI=1S/C16H26O/c1-6-8-14(16(3,4)5)11-13-10-7-9-12(2)15(13)17/h7,9-10,14,17H,6,8,11H2,1-5H3. The largest absolute Gasteiger partial charge is 0.507 e. The molecule has 1 N–H and O–H groups in total. The minimum atomic E-state index is 0.298. The maximum absolute atomic E-state index is 10.1. The summed E-state index contributed by atoms with van der Waals surface area (Å²) >= 11 is 0. The first kappa shape index (κ1) is 14.1. The molecule has 0 saturated carbocycles. The summed E-state index contributed by atoms with van der Waals surface area (Å²) in [6.45, 7) is 11.1. The van der Waals surface area contributed by atoms with E-state index >= 15 is 0 Å². The number of hydrogen-bond donors (Lipinski definition) is 1. The smallest absolute Gasteiger partial charge is 0.121 e. The maximum Gasteiger partial charge on any atom is 0.121 e. The van der Waals surface area contributed by atoms with Crippen LogP contribution in [0.4, 0.5) is 0 Å². The highest BCUT2D eigenvalue weighted by Gasteiger charge is 2.24. The molecule has 1 aromatic carbocycles. The number of benzene rings is 1. The van der Waals surface area contributed by atoms with Crippen molar-refractivity contribution in [3.8, 4) is 5.75 Å². The van der Waals surface area contributed by atoms with E-state index in [0.29, 0.717) is 17.1 Å². The third kappa shape index (κ3) is 3.76. The van der Waals surface area contributed by atoms with Crippen molar-refractivity contribution in [2.75, 3.05) is 0 Å². The second kappa shape index (κ2) is 5.57. The number of aromatic hydroxyl groups is 1. The first-order valence-electron chi connectivity index (χ1n) is 6.63. The van der Waals surface area contributed by atoms with Crippen LogP contribution in [0.1, 0.15) is 51.7 Å². The molecule has 0 fully saturated rings. The average Bonchev–Trinajstić information content (AvgIpc) is 2.22. The summed E-state index contributed by atoms with van der Waals surface area (Å²) in [4.78, 5) is 0. The molecule has 1 heteroatoms. The predicted octanol–water partition coefficient (Wildman–Crippen LogP) is 4.71. The minimum absolute atomic E-state index is 0.298. The van der Waals surface area contributed by atoms with E-state index < -0.39 is 0 Å². The molecule has 1 unspecified atom stereocenters. The molecule has 0 aliphatic carbocycles. The minimum Gasteiger partial charge on any atom is -0.507 e. The fourth-order valence-electron chi connectivity index (χ4n) is 2.34. The first-order valence-corrected chi connectivity index (χ1v) is 6.63. The second-order valence-electron chi connectivity index (χ2n) is 6.14. The lowest BCUT2D eigenvalue weighted by Crippen LogP contribution is -2.22. The molecule has 0 spiro atoms. The first-order chi connectivity index (χ1) is 7.86. The molecule has 1 aromatic rings. The number of para-hydroxylation sites is 1. The number of phenolic OH excluding ortho intramolecular Hbond substituents is 1. The average molecular weight is 234 g/mol. The van der Waals surface area contributed by atoms with Gasteiger partial charge in [0.2, 0.25) is 0 Å². The van der Waals surface area contributed by atoms with Crippen LogP contribution >= 0.6 is 0 Å². The summed E-state index contributed by atoms with van der Waals surface area (Å²) in [6.07, 6.45) is 3.40. The molecule has 1 nitrogen and oxygen atoms in total. The molecular formula is C16H26O. The Hall–Kier alpha value is -0.980. The van der Waals surface area contributed by atoms with E-state index in [9.17, 15) is 5.11 Å². The van der Waals surface area contributed by atoms with Gasteiger partial charge in [-0.3, -0.25) is 0 Å². The number of rotatable bonds is 4. The van der Waals surface area contributed by atoms with Crippen LogP contribution in [0.2, 0.25) is 0 Å². The van der Waals surface area contributed by atoms with Crippen molar-refractivity contribution >= 4 is 0 Å². The number of hydrogen-bond acceptors (Lipinski definition) is 1. The van der Waals surface area contributed by atoms with E-state index in [1.165, 1.54) is 12.8 Å². The Balaban J connectivity index is 2.90. The Morgan fingerprint density at radius 1 is 1.24 bits per heavy atom. The van der Waals surface area contributed by atoms with Gasteiger partial charge in [0.15, 0.2) is 0 Å². The molecule has 0 aliphatic heterocycles. The van der Waals surface area contributed by atoms with Gasteiger partial charge in [0.05, 0.1) is 0 Å². The highest BCUT2D eigenvalue weighted by molar-refractivity contribution is 5.39. The Morgan fingerprint density at radius 2 is 1.88 bits per heavy atom. The summed E-state index contributed by atoms with van der Waals surface area (Å²) in [6, 6.07) is 6.05. The van der Waals surface area contributed by atoms with Gasteiger partial charge in [-0.15, -0.1) is 0 Å². The highest BCUT2D eigenvalue weighted by Crippen LogP contribution is 2.35. The van der Waals surface area contributed by atoms with Crippen molar-refractivity contribution in [1.29, 1.82) is 0 Å². The van der Waals surface area contributed by atoms with Crippen molar-refractivity contribution in [1.82, 2.24) is 0 Å². The van der Waals surface area contributed by atoms with Gasteiger partial charge < -0.3 is 5.11 Å². The zero-order valence-corrected chi connectivity index (χ0v) is 11.9. The van der Waals surface area contributed by atoms with E-state index in [2.05, 4.69) is 33.8 Å². The molecule has 1 rings (SSSR count). The molecule has 17 heavy (non-hydrogen) atoms. The summed E-state index contributed by atoms with van der Waals surface area (Å²) in [5.41, 5.74) is 2.37. The normalized spacial score (nSPS) is 13.7. The second-order valence-corrected chi connectivity index (χ2v) is 6.14. The highest BCUT2D eigenvalue weighted by atomic mass is 16.3. The van der Waals surface area contributed by atoms with Gasteiger partial charge in [-0.25, -0.2) is 0 Å². The van der Waals surface area contributed by atoms with E-state index in [1.807, 2.05) is 19.1 Å². The van der Waals surface area contributed by atoms with Crippen LogP contribution in [0.15, 0.2) is 18.2 Å². The molecule has 1 atom stereocenters. The molecular weight excluding hydrogens is 208 g/mol. The maximum atomic E-state index is 10.1. The monoisotopic (exact) mass is 234 g/mol. The van der Waals surface area contributed by atoms with Crippen LogP contribution in [-0.2, 0) is 6.42 Å². The van der Waals surface area contributed by atoms with Crippen molar-refractivity contribution in [2.24, 2.45) is 11.3 Å². The number of phenols is 1. The van der Waals surface area contributed by atoms with Crippen LogP contribution in [0, 0.1) is 18.3 Å². The molecule has 96 valence electrons. The lowest BCUT2D eigenvalue weighted by molar-refractivity contribution is 0.221. The molecule has 0 amide bonds. The van der Waals surface area contributed by atoms with Gasteiger partial charge in [-0.2, -0.15) is 0 Å². The van der Waals surface area contributed by atoms with Gasteiger partial charge in [0.1, 0.15) is 5.75 Å². The Morgan fingerprint density at radius 3 is 2.41 bits per heavy atom. The third-order valence-corrected chi connectivity index (χ3v) is 3.65. The van der Waals surface area contributed by atoms with Gasteiger partial charge in [0.25, 0.3) is 0 Å². The third-order valence-electron chi connectivity index (χ3n) is 3.65. The summed E-state index contributed by atoms with van der Waals surface area (Å²) in [5.74, 6) is 1.11. The Bertz CT molecular complexity index is 360. The Kier molecular flexibility index (Phi) is 4.62. The SMILES string of the molecule is CCCC(Cc1cccc(C)c1O)C(C)(C)C. The fourth-order valence-corrected chi connectivity index (χ4v) is 2.34. The molecule has 0 aliphatic rings. The fraction of sp³-hybridized carbons (Fsp3) is 0.625. The summed E-state index contributed by atoms with van der Waals surface area (Å²) in [7, 11) is 0. The molecule has 0 heterocycles. The van der Waals surface area contributed by atoms with E-state index in [0.717, 1.165) is 17.5 Å². The van der Waals surface area contributed by atoms with Crippen molar-refractivity contribution in [3.63, 3.8) is 0 Å². The molecule has 0 bridgehead atoms. The van der Waals surface area contributed by atoms with E-state index in [-0.39, 0.29) is 0 Å². The molecule has 0 radical (unpaired) electrons. The van der Waals surface area contributed by atoms with E-state index in [1.54, 1.807) is 0 Å². The van der Waals surface area contributed by atoms with Crippen molar-refractivity contribution in [3.05, 3.63) is 29.3 Å². The predicted molar refractivity (Wildman–Crippen MR) is 74.4 cm³/mol. The lowest BCUT2D eigenvalue weighted by atomic mass is 9.75. The van der Waals surface area contributed by atoms with Gasteiger partial charge in [-0.1, -0.05) is 52.3 Å². The topological polar surface area (TPSA) is 20.2 Å². The Labute approximate surface area is 106 Å². The summed E-state index contributed by atoms with van der Waals surface area (Å²) in [5, 5.41) is 10.1.